The molecule has 4 aromatic rings. The summed E-state index contributed by atoms with van der Waals surface area (Å²) in [5.41, 5.74) is 5.72. The summed E-state index contributed by atoms with van der Waals surface area (Å²) >= 11 is 0. The minimum absolute atomic E-state index is 0.102. The smallest absolute Gasteiger partial charge is 0.259 e. The van der Waals surface area contributed by atoms with Crippen molar-refractivity contribution in [2.45, 2.75) is 47.2 Å². The molecule has 1 N–H and O–H groups in total. The molecule has 0 spiro atoms. The number of H-pyrrole nitrogens is 1. The maximum Gasteiger partial charge on any atom is 0.259 e. The van der Waals surface area contributed by atoms with Crippen molar-refractivity contribution in [1.82, 2.24) is 24.3 Å². The average molecular weight is 375 g/mol. The van der Waals surface area contributed by atoms with Gasteiger partial charge in [-0.15, -0.1) is 0 Å². The average Bonchev–Trinajstić information content (AvgIpc) is 3.22. The van der Waals surface area contributed by atoms with Crippen LogP contribution in [0.5, 0.6) is 0 Å². The van der Waals surface area contributed by atoms with E-state index in [9.17, 15) is 4.79 Å². The summed E-state index contributed by atoms with van der Waals surface area (Å²) in [5.74, 6) is 0.677. The number of benzene rings is 1. The first kappa shape index (κ1) is 18.2. The van der Waals surface area contributed by atoms with E-state index in [0.717, 1.165) is 27.9 Å². The minimum Gasteiger partial charge on any atom is -0.326 e. The van der Waals surface area contributed by atoms with Crippen molar-refractivity contribution in [2.75, 3.05) is 0 Å². The van der Waals surface area contributed by atoms with E-state index in [1.807, 2.05) is 30.8 Å². The van der Waals surface area contributed by atoms with Gasteiger partial charge in [0.25, 0.3) is 5.56 Å². The van der Waals surface area contributed by atoms with Crippen LogP contribution in [-0.2, 0) is 6.54 Å². The lowest BCUT2D eigenvalue weighted by Crippen LogP contribution is -2.18. The fraction of sp³-hybridized carbons (Fsp3) is 0.318. The number of nitrogens with zero attached hydrogens (tertiary/aromatic N) is 4. The van der Waals surface area contributed by atoms with Gasteiger partial charge in [0.2, 0.25) is 0 Å². The second-order valence-corrected chi connectivity index (χ2v) is 7.67. The van der Waals surface area contributed by atoms with Crippen LogP contribution >= 0.6 is 0 Å². The summed E-state index contributed by atoms with van der Waals surface area (Å²) in [6.45, 7) is 11.0. The van der Waals surface area contributed by atoms with Crippen LogP contribution in [0, 0.1) is 27.7 Å². The SMILES string of the molecule is Cc1cc(C)c2[nH]c(=O)c(-c3nccn3[C@H](C)Cn3nc(C)cc3C)cc2c1. The molecule has 0 saturated carbocycles. The topological polar surface area (TPSA) is 68.5 Å². The van der Waals surface area contributed by atoms with E-state index >= 15 is 0 Å². The number of aromatic amines is 1. The van der Waals surface area contributed by atoms with Crippen molar-refractivity contribution in [3.63, 3.8) is 0 Å². The van der Waals surface area contributed by atoms with E-state index in [4.69, 9.17) is 0 Å². The third-order valence-electron chi connectivity index (χ3n) is 5.22. The number of hydrogen-bond donors (Lipinski definition) is 1. The lowest BCUT2D eigenvalue weighted by molar-refractivity contribution is 0.433. The summed E-state index contributed by atoms with van der Waals surface area (Å²) in [6.07, 6.45) is 3.68. The Labute approximate surface area is 163 Å². The molecule has 3 aromatic heterocycles. The molecule has 0 fully saturated rings. The van der Waals surface area contributed by atoms with Crippen LogP contribution in [0.25, 0.3) is 22.3 Å². The minimum atomic E-state index is -0.120. The highest BCUT2D eigenvalue weighted by atomic mass is 16.1. The van der Waals surface area contributed by atoms with Gasteiger partial charge >= 0.3 is 0 Å². The molecule has 0 aliphatic carbocycles. The molecule has 0 saturated heterocycles. The van der Waals surface area contributed by atoms with Crippen LogP contribution in [0.2, 0.25) is 0 Å². The Balaban J connectivity index is 1.77. The zero-order chi connectivity index (χ0) is 20.0. The summed E-state index contributed by atoms with van der Waals surface area (Å²) in [4.78, 5) is 20.4. The molecule has 0 unspecified atom stereocenters. The maximum absolute atomic E-state index is 12.8. The molecule has 1 aromatic carbocycles. The Hall–Kier alpha value is -3.15. The van der Waals surface area contributed by atoms with Gasteiger partial charge < -0.3 is 9.55 Å². The number of nitrogens with one attached hydrogen (secondary N) is 1. The molecule has 3 heterocycles. The van der Waals surface area contributed by atoms with E-state index in [-0.39, 0.29) is 11.6 Å². The molecule has 144 valence electrons. The molecule has 28 heavy (non-hydrogen) atoms. The number of aromatic nitrogens is 5. The zero-order valence-electron chi connectivity index (χ0n) is 16.9. The molecular weight excluding hydrogens is 350 g/mol. The number of fused-ring (bicyclic) bond motifs is 1. The number of imidazole rings is 1. The second kappa shape index (κ2) is 6.78. The van der Waals surface area contributed by atoms with Gasteiger partial charge in [0.1, 0.15) is 5.82 Å². The number of aryl methyl sites for hydroxylation is 4. The first-order valence-electron chi connectivity index (χ1n) is 9.52. The van der Waals surface area contributed by atoms with Gasteiger partial charge in [-0.1, -0.05) is 11.6 Å². The van der Waals surface area contributed by atoms with E-state index in [2.05, 4.69) is 58.6 Å². The maximum atomic E-state index is 12.8. The lowest BCUT2D eigenvalue weighted by Gasteiger charge is -2.17. The Bertz CT molecular complexity index is 1230. The predicted octanol–water partition coefficient (Wildman–Crippen LogP) is 4.08. The Morgan fingerprint density at radius 3 is 2.61 bits per heavy atom. The molecule has 1 atom stereocenters. The highest BCUT2D eigenvalue weighted by Crippen LogP contribution is 2.24. The van der Waals surface area contributed by atoms with Gasteiger partial charge in [-0.2, -0.15) is 5.10 Å². The molecule has 0 radical (unpaired) electrons. The van der Waals surface area contributed by atoms with Crippen molar-refractivity contribution < 1.29 is 0 Å². The first-order chi connectivity index (χ1) is 13.3. The standard InChI is InChI=1S/C22H25N5O/c1-13-8-14(2)20-18(9-13)11-19(22(28)24-20)21-23-6-7-26(21)17(5)12-27-16(4)10-15(3)25-27/h6-11,17H,12H2,1-5H3,(H,24,28)/t17-/m1/s1. The van der Waals surface area contributed by atoms with Gasteiger partial charge in [-0.05, 0) is 63.8 Å². The number of rotatable bonds is 4. The summed E-state index contributed by atoms with van der Waals surface area (Å²) < 4.78 is 4.05. The van der Waals surface area contributed by atoms with E-state index < -0.39 is 0 Å². The van der Waals surface area contributed by atoms with Crippen LogP contribution in [0.4, 0.5) is 0 Å². The Kier molecular flexibility index (Phi) is 4.41. The number of hydrogen-bond acceptors (Lipinski definition) is 3. The van der Waals surface area contributed by atoms with Crippen LogP contribution in [-0.4, -0.2) is 24.3 Å². The fourth-order valence-corrected chi connectivity index (χ4v) is 3.93. The zero-order valence-corrected chi connectivity index (χ0v) is 16.9. The predicted molar refractivity (Wildman–Crippen MR) is 112 cm³/mol. The van der Waals surface area contributed by atoms with Crippen LogP contribution in [0.1, 0.15) is 35.5 Å². The highest BCUT2D eigenvalue weighted by Gasteiger charge is 2.17. The van der Waals surface area contributed by atoms with Gasteiger partial charge in [0.15, 0.2) is 0 Å². The lowest BCUT2D eigenvalue weighted by atomic mass is 10.0. The Morgan fingerprint density at radius 1 is 1.11 bits per heavy atom. The molecule has 4 rings (SSSR count). The van der Waals surface area contributed by atoms with Gasteiger partial charge in [0, 0.05) is 18.1 Å². The number of pyridine rings is 1. The third-order valence-corrected chi connectivity index (χ3v) is 5.22. The van der Waals surface area contributed by atoms with Crippen LogP contribution in [0.15, 0.2) is 41.5 Å². The Morgan fingerprint density at radius 2 is 1.89 bits per heavy atom. The fourth-order valence-electron chi connectivity index (χ4n) is 3.93. The van der Waals surface area contributed by atoms with E-state index in [1.165, 1.54) is 5.56 Å². The molecule has 6 nitrogen and oxygen atoms in total. The van der Waals surface area contributed by atoms with Crippen molar-refractivity contribution in [1.29, 1.82) is 0 Å². The quantitative estimate of drug-likeness (QED) is 0.584. The van der Waals surface area contributed by atoms with Gasteiger partial charge in [-0.25, -0.2) is 4.98 Å². The van der Waals surface area contributed by atoms with E-state index in [0.29, 0.717) is 17.9 Å². The molecule has 0 amide bonds. The van der Waals surface area contributed by atoms with Crippen molar-refractivity contribution in [3.8, 4) is 11.4 Å². The first-order valence-corrected chi connectivity index (χ1v) is 9.52. The summed E-state index contributed by atoms with van der Waals surface area (Å²) in [7, 11) is 0. The monoisotopic (exact) mass is 375 g/mol. The molecule has 6 heteroatoms. The molecule has 0 aliphatic heterocycles. The normalized spacial score (nSPS) is 12.6. The van der Waals surface area contributed by atoms with Crippen molar-refractivity contribution in [3.05, 3.63) is 69.5 Å². The third kappa shape index (κ3) is 3.15. The second-order valence-electron chi connectivity index (χ2n) is 7.67. The van der Waals surface area contributed by atoms with Gasteiger partial charge in [0.05, 0.1) is 29.4 Å². The molecule has 0 aliphatic rings. The van der Waals surface area contributed by atoms with E-state index in [1.54, 1.807) is 6.20 Å². The van der Waals surface area contributed by atoms with Crippen molar-refractivity contribution >= 4 is 10.9 Å². The van der Waals surface area contributed by atoms with Crippen LogP contribution in [0.3, 0.4) is 0 Å². The molecular formula is C22H25N5O. The summed E-state index contributed by atoms with van der Waals surface area (Å²) in [5, 5.41) is 5.58. The largest absolute Gasteiger partial charge is 0.326 e. The van der Waals surface area contributed by atoms with Crippen LogP contribution < -0.4 is 5.56 Å². The molecule has 0 bridgehead atoms. The van der Waals surface area contributed by atoms with Gasteiger partial charge in [-0.3, -0.25) is 9.48 Å². The summed E-state index contributed by atoms with van der Waals surface area (Å²) in [6, 6.07) is 8.29. The highest BCUT2D eigenvalue weighted by molar-refractivity contribution is 5.85. The van der Waals surface area contributed by atoms with Crippen molar-refractivity contribution in [2.24, 2.45) is 0 Å².